The number of aliphatic hydroxyl groups excluding tert-OH is 25. The zero-order valence-electron chi connectivity index (χ0n) is 79.4. The fraction of sp³-hybridized carbons (Fsp3) is 0.913. The number of aliphatic hydroxyl groups is 25. The van der Waals surface area contributed by atoms with E-state index in [0.29, 0.717) is 32.1 Å². The van der Waals surface area contributed by atoms with Gasteiger partial charge in [0, 0.05) is 17.4 Å². The predicted octanol–water partition coefficient (Wildman–Crippen LogP) is -7.37. The largest absolute Gasteiger partial charge is 0.458 e. The van der Waals surface area contributed by atoms with Crippen molar-refractivity contribution in [3.05, 3.63) is 36.0 Å². The van der Waals surface area contributed by atoms with Gasteiger partial charge in [0.25, 0.3) is 0 Å². The van der Waals surface area contributed by atoms with Gasteiger partial charge in [-0.2, -0.15) is 0 Å². The second-order valence-electron chi connectivity index (χ2n) is 42.7. The number of allylic oxidation sites excluding steroid dienone is 3. The molecule has 9 saturated heterocycles. The van der Waals surface area contributed by atoms with Crippen molar-refractivity contribution in [3.8, 4) is 0 Å². The van der Waals surface area contributed by atoms with Crippen molar-refractivity contribution in [2.24, 2.45) is 50.2 Å². The van der Waals surface area contributed by atoms with Gasteiger partial charge in [-0.3, -0.25) is 4.79 Å². The minimum atomic E-state index is -2.24. The van der Waals surface area contributed by atoms with Crippen molar-refractivity contribution >= 4 is 11.9 Å². The van der Waals surface area contributed by atoms with Crippen LogP contribution >= 0.6 is 0 Å². The maximum Gasteiger partial charge on any atom is 0.333 e. The summed E-state index contributed by atoms with van der Waals surface area (Å²) in [5.74, 6) is -2.84. The van der Waals surface area contributed by atoms with Gasteiger partial charge < -0.3 is 218 Å². The van der Waals surface area contributed by atoms with Crippen molar-refractivity contribution in [2.75, 3.05) is 39.6 Å². The molecule has 0 aromatic rings. The highest BCUT2D eigenvalue weighted by Crippen LogP contribution is 2.76. The number of carbonyl (C=O) groups excluding carboxylic acids is 2. The zero-order chi connectivity index (χ0) is 101. The number of ether oxygens (including phenoxy) is 19. The molecule has 9 aliphatic heterocycles. The van der Waals surface area contributed by atoms with Gasteiger partial charge in [-0.15, -0.1) is 6.58 Å². The Hall–Kier alpha value is -3.52. The molecule has 46 heteroatoms. The van der Waals surface area contributed by atoms with Crippen LogP contribution in [0.5, 0.6) is 0 Å². The Labute approximate surface area is 797 Å². The van der Waals surface area contributed by atoms with Crippen molar-refractivity contribution in [3.63, 3.8) is 0 Å². The predicted molar refractivity (Wildman–Crippen MR) is 459 cm³/mol. The molecule has 0 radical (unpaired) electrons. The van der Waals surface area contributed by atoms with Gasteiger partial charge >= 0.3 is 11.9 Å². The summed E-state index contributed by atoms with van der Waals surface area (Å²) in [4.78, 5) is 31.7. The Morgan fingerprint density at radius 3 is 1.48 bits per heavy atom. The maximum absolute atomic E-state index is 16.8. The van der Waals surface area contributed by atoms with Crippen LogP contribution in [0.25, 0.3) is 0 Å². The number of hydrogen-bond acceptors (Lipinski definition) is 46. The van der Waals surface area contributed by atoms with Crippen LogP contribution in [0, 0.1) is 50.2 Å². The van der Waals surface area contributed by atoms with Gasteiger partial charge in [-0.25, -0.2) is 4.79 Å². The van der Waals surface area contributed by atoms with Gasteiger partial charge in [0.2, 0.25) is 6.29 Å². The van der Waals surface area contributed by atoms with Crippen molar-refractivity contribution in [2.45, 2.75) is 436 Å². The average Bonchev–Trinajstić information content (AvgIpc) is 0.792. The highest BCUT2D eigenvalue weighted by molar-refractivity contribution is 5.88. The lowest BCUT2D eigenvalue weighted by atomic mass is 9.33. The molecule has 9 heterocycles. The fourth-order valence-corrected chi connectivity index (χ4v) is 24.4. The van der Waals surface area contributed by atoms with E-state index in [2.05, 4.69) is 33.4 Å². The van der Waals surface area contributed by atoms with Gasteiger partial charge in [0.15, 0.2) is 56.4 Å². The molecule has 25 N–H and O–H groups in total. The van der Waals surface area contributed by atoms with E-state index >= 15 is 4.79 Å². The third-order valence-electron chi connectivity index (χ3n) is 33.5. The molecule has 0 aromatic heterocycles. The molecule has 138 heavy (non-hydrogen) atoms. The quantitative estimate of drug-likeness (QED) is 0.0143. The van der Waals surface area contributed by atoms with Gasteiger partial charge in [0.05, 0.1) is 75.1 Å². The standard InChI is InChI=1S/C92H148O46/c1-14-88(10,138-81-68(116)58(106)50(98)35(3)122-81)21-15-16-34(2)75(118)130-49-27-92(85(119)137-84-74(62(110)55(103)43(30-95)128-84)136-80-69(117)71(133-78-66(114)59(107)53(101)41(28-93)125-78)70(37(5)124-80)132-77-65(113)56(104)44(31-96)127-77)25-24-90(12)38(39(92)26-86(49,6)7)17-18-47-89(11)22-20-48(87(8,9)46(89)19-23-91(47,90)13)131-83-73(135-79-67(115)60(108)54(102)42(29-94)126-79)63(111)57(105)45(129-83)33-121-82-72(61(109)51(99)36(4)123-82)134-76-64(112)52(100)40(97)32-120-76/h14,16-17,35-37,39-74,76-84,93-117H,1,15,18-33H2,2-13H3/b34-16+/t35-,36-,37+,39+,40-,41-,42-,43-,44+,45-,46+,47-,48+,49+,50-,51+,52+,53-,54-,55-,56+,57-,58+,59+,60+,61+,62+,63+,64-,65-,66-,67-,68-,69-,70+,71+,72-,73-,74-,76+,77+,78+,79?,80+,81+,82-,83+,84+,88-,89+,90-,91-,92-/m1/s1. The monoisotopic (exact) mass is 1990 g/mol. The molecule has 53 atom stereocenters. The Kier molecular flexibility index (Phi) is 34.3. The number of rotatable bonds is 29. The molecule has 46 nitrogen and oxygen atoms in total. The van der Waals surface area contributed by atoms with E-state index in [0.717, 1.165) is 5.57 Å². The molecule has 0 amide bonds. The van der Waals surface area contributed by atoms with E-state index in [9.17, 15) is 132 Å². The van der Waals surface area contributed by atoms with E-state index in [-0.39, 0.29) is 55.9 Å². The topological polar surface area (TPSA) is 715 Å². The van der Waals surface area contributed by atoms with Crippen molar-refractivity contribution < 1.29 is 227 Å². The maximum atomic E-state index is 16.8. The molecule has 0 bridgehead atoms. The number of esters is 2. The summed E-state index contributed by atoms with van der Waals surface area (Å²) in [6, 6.07) is 0. The summed E-state index contributed by atoms with van der Waals surface area (Å²) in [6.45, 7) is 21.2. The molecule has 13 fully saturated rings. The fourth-order valence-electron chi connectivity index (χ4n) is 24.4. The van der Waals surface area contributed by atoms with E-state index in [1.807, 2.05) is 27.7 Å². The SMILES string of the molecule is C=C[C@](C)(CC/C=C(\C)C(=O)O[C@H]1C[C@]2(C(=O)O[C@@H]3O[C@H](CO)[C@@H](O)[C@H](O)[C@H]3O[C@@H]3O[C@@H](C)[C@H](O[C@@H]4O[C@@H](CO)[C@H](O)[C@H]4O)[C@@H](O[C@@H]4O[C@H](CO)[C@@H](O)[C@H](O)[C@H]4O)[C@H]3O)CC[C@]3(C)C(=CC[C@@H]4[C@@]5(C)CC[C@H](O[C@@H]6O[C@H](CO[C@@H]7O[C@H](C)[C@H](O)[C@H](O)[C@H]7O[C@@H]7OC[C@@H](O)[C@H](O)[C@H]7O)[C@@H](O)[C@H](O)[C@H]6OC6O[C@H](CO)[C@@H](O)[C@H](O)[C@H]6O)C(C)(C)[C@@H]5CC[C@]43C)[C@@H]2CC1(C)C)O[C@@H]1O[C@H](C)[C@@H](O)[C@H](O)[C@H]1O. The minimum absolute atomic E-state index is 0.0209. The first-order valence-electron chi connectivity index (χ1n) is 48.0. The average molecular weight is 1990 g/mol. The molecular weight excluding hydrogens is 1840 g/mol. The summed E-state index contributed by atoms with van der Waals surface area (Å²) >= 11 is 0. The number of hydrogen-bond donors (Lipinski definition) is 25. The lowest BCUT2D eigenvalue weighted by Crippen LogP contribution is -2.68. The van der Waals surface area contributed by atoms with Crippen molar-refractivity contribution in [1.82, 2.24) is 0 Å². The number of fused-ring (bicyclic) bond motifs is 7. The zero-order valence-corrected chi connectivity index (χ0v) is 79.4. The van der Waals surface area contributed by atoms with Gasteiger partial charge in [-0.1, -0.05) is 72.3 Å². The van der Waals surface area contributed by atoms with Crippen LogP contribution in [0.3, 0.4) is 0 Å². The Balaban J connectivity index is 0.759. The number of carbonyl (C=O) groups is 2. The van der Waals surface area contributed by atoms with Crippen LogP contribution in [0.1, 0.15) is 154 Å². The lowest BCUT2D eigenvalue weighted by molar-refractivity contribution is -0.390. The van der Waals surface area contributed by atoms with Crippen LogP contribution in [0.15, 0.2) is 36.0 Å². The van der Waals surface area contributed by atoms with E-state index < -0.39 is 372 Å². The molecule has 0 aromatic carbocycles. The van der Waals surface area contributed by atoms with Gasteiger partial charge in [0.1, 0.15) is 189 Å². The smallest absolute Gasteiger partial charge is 0.333 e. The Morgan fingerprint density at radius 1 is 0.442 bits per heavy atom. The molecule has 14 aliphatic rings. The first kappa shape index (κ1) is 110. The second kappa shape index (κ2) is 43.0. The van der Waals surface area contributed by atoms with Crippen LogP contribution < -0.4 is 0 Å². The van der Waals surface area contributed by atoms with E-state index in [1.54, 1.807) is 19.9 Å². The summed E-state index contributed by atoms with van der Waals surface area (Å²) in [6.07, 6.45) is -69.5. The minimum Gasteiger partial charge on any atom is -0.458 e. The summed E-state index contributed by atoms with van der Waals surface area (Å²) in [7, 11) is 0. The van der Waals surface area contributed by atoms with E-state index in [1.165, 1.54) is 26.8 Å². The summed E-state index contributed by atoms with van der Waals surface area (Å²) in [5.41, 5.74) is -5.66. The van der Waals surface area contributed by atoms with Crippen LogP contribution in [0.4, 0.5) is 0 Å². The first-order chi connectivity index (χ1) is 64.7. The summed E-state index contributed by atoms with van der Waals surface area (Å²) in [5, 5.41) is 276. The third kappa shape index (κ3) is 20.5. The van der Waals surface area contributed by atoms with Crippen LogP contribution in [-0.2, 0) is 99.6 Å². The molecular formula is C92H148O46. The van der Waals surface area contributed by atoms with Crippen molar-refractivity contribution in [1.29, 1.82) is 0 Å². The lowest BCUT2D eigenvalue weighted by Gasteiger charge is -2.71. The summed E-state index contributed by atoms with van der Waals surface area (Å²) < 4.78 is 117. The Bertz CT molecular complexity index is 4130. The molecule has 5 aliphatic carbocycles. The van der Waals surface area contributed by atoms with Crippen LogP contribution in [-0.4, -0.2) is 461 Å². The Morgan fingerprint density at radius 2 is 0.899 bits per heavy atom. The highest BCUT2D eigenvalue weighted by Gasteiger charge is 2.73. The molecule has 4 saturated carbocycles. The second-order valence-corrected chi connectivity index (χ2v) is 42.7. The van der Waals surface area contributed by atoms with Crippen LogP contribution in [0.2, 0.25) is 0 Å². The van der Waals surface area contributed by atoms with Gasteiger partial charge in [-0.05, 0) is 138 Å². The third-order valence-corrected chi connectivity index (χ3v) is 33.5. The highest BCUT2D eigenvalue weighted by atomic mass is 16.8. The normalized spacial score (nSPS) is 51.9. The van der Waals surface area contributed by atoms with E-state index in [4.69, 9.17) is 90.0 Å². The molecule has 0 spiro atoms. The molecule has 792 valence electrons. The first-order valence-corrected chi connectivity index (χ1v) is 48.0. The molecule has 14 rings (SSSR count). The molecule has 1 unspecified atom stereocenters.